The minimum atomic E-state index is -2.16. The summed E-state index contributed by atoms with van der Waals surface area (Å²) in [6.45, 7) is 1.60. The minimum Gasteiger partial charge on any atom is -0.437 e. The van der Waals surface area contributed by atoms with Gasteiger partial charge in [0, 0.05) is 24.0 Å². The molecule has 2 aliphatic carbocycles. The van der Waals surface area contributed by atoms with Gasteiger partial charge in [0.05, 0.1) is 37.5 Å². The Bertz CT molecular complexity index is 2110. The Labute approximate surface area is 346 Å². The normalized spacial score (nSPS) is 21.1. The summed E-state index contributed by atoms with van der Waals surface area (Å²) in [5.74, 6) is -4.38. The van der Waals surface area contributed by atoms with Gasteiger partial charge in [0.2, 0.25) is 0 Å². The molecule has 0 aliphatic heterocycles. The number of amides is 2. The van der Waals surface area contributed by atoms with E-state index in [9.17, 15) is 38.5 Å². The van der Waals surface area contributed by atoms with E-state index in [0.717, 1.165) is 11.1 Å². The van der Waals surface area contributed by atoms with E-state index in [2.05, 4.69) is 10.6 Å². The number of halogens is 2. The SMILES string of the molecule is CC[C@H](C)[C@H](N)C(=O)OCO[C@H]([C@@H](O)[C@@H](OCc1ccccc1F)C(=O)N[C@H]1c2ccccc2C[C@H]1O)[C@@H](OCc1ccccc1F)C(=O)N[C@H]1c2ccccc2C[C@H]1O. The second-order valence-electron chi connectivity index (χ2n) is 15.2. The number of benzene rings is 4. The standard InChI is InChI=1S/C45H51F2N3O10/c1-3-25(2)36(48)45(56)60-24-59-40(42(58-23-29-15-7-11-19-33(29)47)44(55)50-38-31-17-9-5-13-27(31)21-35(38)52)39(53)41(57-22-28-14-6-10-18-32(28)46)43(54)49-37-30-16-8-4-12-26(30)20-34(37)51/h4-19,25,34-42,51-53H,3,20-24,48H2,1-2H3,(H,49,54)(H,50,55)/t25-,34+,35+,36-,37-,38-,39+,40+,41+,42+/m0/s1. The van der Waals surface area contributed by atoms with Gasteiger partial charge >= 0.3 is 5.97 Å². The predicted octanol–water partition coefficient (Wildman–Crippen LogP) is 3.60. The molecule has 4 aromatic rings. The van der Waals surface area contributed by atoms with Crippen LogP contribution >= 0.6 is 0 Å². The quantitative estimate of drug-likeness (QED) is 0.0597. The average molecular weight is 832 g/mol. The van der Waals surface area contributed by atoms with Crippen molar-refractivity contribution in [3.8, 4) is 0 Å². The Morgan fingerprint density at radius 2 is 1.17 bits per heavy atom. The summed E-state index contributed by atoms with van der Waals surface area (Å²) in [6, 6.07) is 22.5. The van der Waals surface area contributed by atoms with Gasteiger partial charge in [-0.1, -0.05) is 105 Å². The number of esters is 1. The fraction of sp³-hybridized carbons (Fsp3) is 0.400. The van der Waals surface area contributed by atoms with E-state index in [-0.39, 0.29) is 29.9 Å². The lowest BCUT2D eigenvalue weighted by Gasteiger charge is -2.35. The fourth-order valence-corrected chi connectivity index (χ4v) is 7.50. The monoisotopic (exact) mass is 831 g/mol. The predicted molar refractivity (Wildman–Crippen MR) is 213 cm³/mol. The van der Waals surface area contributed by atoms with Crippen molar-refractivity contribution in [1.82, 2.24) is 10.6 Å². The van der Waals surface area contributed by atoms with E-state index in [4.69, 9.17) is 24.7 Å². The number of fused-ring (bicyclic) bond motifs is 2. The molecule has 0 saturated carbocycles. The summed E-state index contributed by atoms with van der Waals surface area (Å²) in [5.41, 5.74) is 8.96. The number of nitrogens with two attached hydrogens (primary N) is 1. The largest absolute Gasteiger partial charge is 0.437 e. The van der Waals surface area contributed by atoms with E-state index in [1.807, 2.05) is 6.92 Å². The first-order valence-corrected chi connectivity index (χ1v) is 19.9. The number of ether oxygens (including phenoxy) is 4. The van der Waals surface area contributed by atoms with E-state index in [1.54, 1.807) is 67.6 Å². The van der Waals surface area contributed by atoms with Crippen molar-refractivity contribution in [3.05, 3.63) is 142 Å². The summed E-state index contributed by atoms with van der Waals surface area (Å²) in [6.07, 6.45) is -9.09. The number of hydrogen-bond donors (Lipinski definition) is 6. The number of rotatable bonds is 19. The van der Waals surface area contributed by atoms with Gasteiger partial charge in [0.15, 0.2) is 19.0 Å². The molecule has 0 heterocycles. The molecule has 0 unspecified atom stereocenters. The number of nitrogens with one attached hydrogen (secondary N) is 2. The van der Waals surface area contributed by atoms with Crippen molar-refractivity contribution in [3.63, 3.8) is 0 Å². The van der Waals surface area contributed by atoms with Crippen LogP contribution < -0.4 is 16.4 Å². The highest BCUT2D eigenvalue weighted by Crippen LogP contribution is 2.33. The molecule has 4 aromatic carbocycles. The second kappa shape index (κ2) is 20.4. The first-order chi connectivity index (χ1) is 28.9. The van der Waals surface area contributed by atoms with E-state index < -0.39 is 104 Å². The van der Waals surface area contributed by atoms with Crippen LogP contribution in [0.25, 0.3) is 0 Å². The van der Waals surface area contributed by atoms with Crippen LogP contribution in [0.15, 0.2) is 97.1 Å². The molecular weight excluding hydrogens is 781 g/mol. The first-order valence-electron chi connectivity index (χ1n) is 19.9. The van der Waals surface area contributed by atoms with Crippen LogP contribution in [-0.4, -0.2) is 82.6 Å². The van der Waals surface area contributed by atoms with Gasteiger partial charge < -0.3 is 50.6 Å². The molecule has 0 fully saturated rings. The molecule has 6 rings (SSSR count). The topological polar surface area (TPSA) is 199 Å². The molecule has 0 spiro atoms. The van der Waals surface area contributed by atoms with Crippen LogP contribution in [0.2, 0.25) is 0 Å². The Morgan fingerprint density at radius 3 is 1.67 bits per heavy atom. The van der Waals surface area contributed by atoms with Crippen molar-refractivity contribution in [1.29, 1.82) is 0 Å². The van der Waals surface area contributed by atoms with E-state index in [1.165, 1.54) is 36.4 Å². The number of carbonyl (C=O) groups excluding carboxylic acids is 3. The van der Waals surface area contributed by atoms with Crippen LogP contribution in [0.4, 0.5) is 8.78 Å². The van der Waals surface area contributed by atoms with Gasteiger partial charge in [-0.3, -0.25) is 14.4 Å². The Kier molecular flexibility index (Phi) is 15.1. The lowest BCUT2D eigenvalue weighted by molar-refractivity contribution is -0.205. The molecule has 2 amide bonds. The van der Waals surface area contributed by atoms with Crippen molar-refractivity contribution in [2.75, 3.05) is 6.79 Å². The molecule has 0 aromatic heterocycles. The Balaban J connectivity index is 1.37. The summed E-state index contributed by atoms with van der Waals surface area (Å²) in [7, 11) is 0. The Hall–Kier alpha value is -5.13. The number of carbonyl (C=O) groups is 3. The van der Waals surface area contributed by atoms with E-state index >= 15 is 0 Å². The molecule has 10 atom stereocenters. The van der Waals surface area contributed by atoms with Crippen LogP contribution in [0.3, 0.4) is 0 Å². The van der Waals surface area contributed by atoms with Crippen LogP contribution in [0, 0.1) is 17.6 Å². The molecule has 7 N–H and O–H groups in total. The maximum atomic E-state index is 15.0. The fourth-order valence-electron chi connectivity index (χ4n) is 7.50. The number of aliphatic hydroxyl groups excluding tert-OH is 3. The third kappa shape index (κ3) is 10.4. The molecule has 15 heteroatoms. The van der Waals surface area contributed by atoms with Gasteiger partial charge in [-0.2, -0.15) is 0 Å². The maximum Gasteiger partial charge on any atom is 0.325 e. The molecule has 320 valence electrons. The molecule has 2 aliphatic rings. The van der Waals surface area contributed by atoms with Gasteiger partial charge in [-0.15, -0.1) is 0 Å². The highest BCUT2D eigenvalue weighted by atomic mass is 19.1. The highest BCUT2D eigenvalue weighted by Gasteiger charge is 2.46. The second-order valence-corrected chi connectivity index (χ2v) is 15.2. The summed E-state index contributed by atoms with van der Waals surface area (Å²) < 4.78 is 53.3. The first kappa shape index (κ1) is 44.4. The smallest absolute Gasteiger partial charge is 0.325 e. The van der Waals surface area contributed by atoms with Gasteiger partial charge in [-0.05, 0) is 40.3 Å². The van der Waals surface area contributed by atoms with Crippen LogP contribution in [-0.2, 0) is 59.4 Å². The van der Waals surface area contributed by atoms with Crippen molar-refractivity contribution < 1.29 is 57.4 Å². The van der Waals surface area contributed by atoms with Gasteiger partial charge in [0.1, 0.15) is 29.9 Å². The molecule has 60 heavy (non-hydrogen) atoms. The summed E-state index contributed by atoms with van der Waals surface area (Å²) in [5, 5.41) is 39.9. The van der Waals surface area contributed by atoms with Crippen molar-refractivity contribution in [2.24, 2.45) is 11.7 Å². The van der Waals surface area contributed by atoms with Crippen molar-refractivity contribution >= 4 is 17.8 Å². The molecular formula is C45H51F2N3O10. The summed E-state index contributed by atoms with van der Waals surface area (Å²) in [4.78, 5) is 41.9. The molecule has 0 saturated heterocycles. The lowest BCUT2D eigenvalue weighted by atomic mass is 9.99. The molecule has 0 bridgehead atoms. The zero-order chi connectivity index (χ0) is 42.9. The summed E-state index contributed by atoms with van der Waals surface area (Å²) >= 11 is 0. The zero-order valence-electron chi connectivity index (χ0n) is 33.3. The number of hydrogen-bond acceptors (Lipinski definition) is 11. The number of aliphatic hydroxyl groups is 3. The zero-order valence-corrected chi connectivity index (χ0v) is 33.3. The van der Waals surface area contributed by atoms with Gasteiger partial charge in [-0.25, -0.2) is 8.78 Å². The average Bonchev–Trinajstić information content (AvgIpc) is 3.74. The maximum absolute atomic E-state index is 15.0. The third-order valence-corrected chi connectivity index (χ3v) is 11.2. The highest BCUT2D eigenvalue weighted by molar-refractivity contribution is 5.84. The van der Waals surface area contributed by atoms with E-state index in [0.29, 0.717) is 17.5 Å². The molecule has 0 radical (unpaired) electrons. The Morgan fingerprint density at radius 1 is 0.717 bits per heavy atom. The minimum absolute atomic E-state index is 0.0261. The van der Waals surface area contributed by atoms with Crippen LogP contribution in [0.1, 0.15) is 65.7 Å². The van der Waals surface area contributed by atoms with Gasteiger partial charge in [0.25, 0.3) is 11.8 Å². The van der Waals surface area contributed by atoms with Crippen molar-refractivity contribution in [2.45, 2.75) is 101 Å². The molecule has 13 nitrogen and oxygen atoms in total. The lowest BCUT2D eigenvalue weighted by Crippen LogP contribution is -2.58. The third-order valence-electron chi connectivity index (χ3n) is 11.2. The van der Waals surface area contributed by atoms with Crippen LogP contribution in [0.5, 0.6) is 0 Å².